The standard InChI is InChI=1S/C12H15NO4S/c1-7-3-4-18-10(7)11(14)13(2)9-6-17-5-8(9)12(15)16/h3-4,8-9H,5-6H2,1-2H3,(H,15,16). The van der Waals surface area contributed by atoms with E-state index in [1.807, 2.05) is 18.4 Å². The summed E-state index contributed by atoms with van der Waals surface area (Å²) in [5.74, 6) is -1.69. The molecule has 18 heavy (non-hydrogen) atoms. The highest BCUT2D eigenvalue weighted by Gasteiger charge is 2.39. The quantitative estimate of drug-likeness (QED) is 0.896. The van der Waals surface area contributed by atoms with Crippen molar-refractivity contribution >= 4 is 23.2 Å². The Morgan fingerprint density at radius 1 is 1.50 bits per heavy atom. The average Bonchev–Trinajstić information content (AvgIpc) is 2.95. The number of aryl methyl sites for hydroxylation is 1. The summed E-state index contributed by atoms with van der Waals surface area (Å²) in [6.07, 6.45) is 0. The third-order valence-corrected chi connectivity index (χ3v) is 4.25. The minimum Gasteiger partial charge on any atom is -0.481 e. The van der Waals surface area contributed by atoms with Crippen molar-refractivity contribution in [3.05, 3.63) is 21.9 Å². The van der Waals surface area contributed by atoms with Crippen LogP contribution in [0.3, 0.4) is 0 Å². The molecule has 0 aliphatic carbocycles. The molecule has 2 rings (SSSR count). The van der Waals surface area contributed by atoms with E-state index >= 15 is 0 Å². The van der Waals surface area contributed by atoms with E-state index in [0.717, 1.165) is 5.56 Å². The molecule has 0 saturated carbocycles. The molecule has 2 heterocycles. The van der Waals surface area contributed by atoms with E-state index in [1.165, 1.54) is 16.2 Å². The van der Waals surface area contributed by atoms with E-state index in [2.05, 4.69) is 0 Å². The Morgan fingerprint density at radius 2 is 2.22 bits per heavy atom. The minimum atomic E-state index is -0.917. The van der Waals surface area contributed by atoms with Crippen molar-refractivity contribution in [3.8, 4) is 0 Å². The summed E-state index contributed by atoms with van der Waals surface area (Å²) in [5, 5.41) is 10.9. The molecule has 5 nitrogen and oxygen atoms in total. The van der Waals surface area contributed by atoms with Gasteiger partial charge in [-0.15, -0.1) is 11.3 Å². The number of carboxylic acid groups (broad SMARTS) is 1. The van der Waals surface area contributed by atoms with Gasteiger partial charge in [-0.3, -0.25) is 9.59 Å². The zero-order chi connectivity index (χ0) is 13.3. The van der Waals surface area contributed by atoms with Crippen LogP contribution in [-0.2, 0) is 9.53 Å². The summed E-state index contributed by atoms with van der Waals surface area (Å²) >= 11 is 1.37. The first kappa shape index (κ1) is 13.0. The van der Waals surface area contributed by atoms with Gasteiger partial charge in [0.1, 0.15) is 5.92 Å². The molecule has 6 heteroatoms. The zero-order valence-corrected chi connectivity index (χ0v) is 11.1. The number of ether oxygens (including phenoxy) is 1. The Morgan fingerprint density at radius 3 is 2.78 bits per heavy atom. The van der Waals surface area contributed by atoms with Gasteiger partial charge < -0.3 is 14.7 Å². The molecule has 1 aliphatic heterocycles. The van der Waals surface area contributed by atoms with Gasteiger partial charge in [-0.2, -0.15) is 0 Å². The van der Waals surface area contributed by atoms with Gasteiger partial charge in [-0.25, -0.2) is 0 Å². The van der Waals surface area contributed by atoms with E-state index < -0.39 is 17.9 Å². The second kappa shape index (κ2) is 5.07. The first-order chi connectivity index (χ1) is 8.52. The number of amides is 1. The summed E-state index contributed by atoms with van der Waals surface area (Å²) in [7, 11) is 1.64. The fourth-order valence-corrected chi connectivity index (χ4v) is 2.97. The molecule has 0 bridgehead atoms. The first-order valence-corrected chi connectivity index (χ1v) is 6.52. The number of carbonyl (C=O) groups is 2. The molecule has 1 fully saturated rings. The van der Waals surface area contributed by atoms with Crippen molar-refractivity contribution in [1.29, 1.82) is 0 Å². The van der Waals surface area contributed by atoms with Crippen LogP contribution in [0.15, 0.2) is 11.4 Å². The zero-order valence-electron chi connectivity index (χ0n) is 10.3. The topological polar surface area (TPSA) is 66.8 Å². The van der Waals surface area contributed by atoms with Gasteiger partial charge in [0, 0.05) is 7.05 Å². The van der Waals surface area contributed by atoms with Crippen LogP contribution in [0.25, 0.3) is 0 Å². The number of thiophene rings is 1. The molecule has 0 radical (unpaired) electrons. The summed E-state index contributed by atoms with van der Waals surface area (Å²) < 4.78 is 5.18. The molecular formula is C12H15NO4S. The van der Waals surface area contributed by atoms with Crippen molar-refractivity contribution < 1.29 is 19.4 Å². The highest BCUT2D eigenvalue weighted by molar-refractivity contribution is 7.12. The lowest BCUT2D eigenvalue weighted by molar-refractivity contribution is -0.142. The molecular weight excluding hydrogens is 254 g/mol. The predicted octanol–water partition coefficient (Wildman–Crippen LogP) is 1.23. The number of carboxylic acids is 1. The van der Waals surface area contributed by atoms with Crippen LogP contribution in [0.5, 0.6) is 0 Å². The maximum absolute atomic E-state index is 12.3. The van der Waals surface area contributed by atoms with Crippen LogP contribution in [0.2, 0.25) is 0 Å². The van der Waals surface area contributed by atoms with Crippen molar-refractivity contribution in [3.63, 3.8) is 0 Å². The van der Waals surface area contributed by atoms with Crippen molar-refractivity contribution in [2.75, 3.05) is 20.3 Å². The van der Waals surface area contributed by atoms with E-state index in [-0.39, 0.29) is 19.1 Å². The largest absolute Gasteiger partial charge is 0.481 e. The van der Waals surface area contributed by atoms with Crippen LogP contribution in [0.1, 0.15) is 15.2 Å². The number of hydrogen-bond donors (Lipinski definition) is 1. The van der Waals surface area contributed by atoms with Gasteiger partial charge in [0.05, 0.1) is 24.1 Å². The molecule has 2 unspecified atom stereocenters. The van der Waals surface area contributed by atoms with Gasteiger partial charge in [0.2, 0.25) is 0 Å². The number of aliphatic carboxylic acids is 1. The molecule has 1 aliphatic rings. The maximum Gasteiger partial charge on any atom is 0.311 e. The van der Waals surface area contributed by atoms with E-state index in [1.54, 1.807) is 7.05 Å². The fourth-order valence-electron chi connectivity index (χ4n) is 2.06. The van der Waals surface area contributed by atoms with E-state index in [9.17, 15) is 9.59 Å². The predicted molar refractivity (Wildman–Crippen MR) is 66.9 cm³/mol. The van der Waals surface area contributed by atoms with Crippen molar-refractivity contribution in [2.45, 2.75) is 13.0 Å². The maximum atomic E-state index is 12.3. The Kier molecular flexibility index (Phi) is 3.68. The average molecular weight is 269 g/mol. The summed E-state index contributed by atoms with van der Waals surface area (Å²) in [6.45, 7) is 2.32. The number of nitrogens with zero attached hydrogens (tertiary/aromatic N) is 1. The SMILES string of the molecule is Cc1ccsc1C(=O)N(C)C1COCC1C(=O)O. The second-order valence-electron chi connectivity index (χ2n) is 4.40. The van der Waals surface area contributed by atoms with Crippen molar-refractivity contribution in [1.82, 2.24) is 4.90 Å². The molecule has 0 spiro atoms. The molecule has 1 saturated heterocycles. The normalized spacial score (nSPS) is 23.0. The van der Waals surface area contributed by atoms with Gasteiger partial charge in [0.15, 0.2) is 0 Å². The summed E-state index contributed by atoms with van der Waals surface area (Å²) in [5.41, 5.74) is 0.919. The molecule has 0 aromatic carbocycles. The number of rotatable bonds is 3. The number of hydrogen-bond acceptors (Lipinski definition) is 4. The third-order valence-electron chi connectivity index (χ3n) is 3.24. The van der Waals surface area contributed by atoms with Crippen LogP contribution in [0, 0.1) is 12.8 Å². The number of carbonyl (C=O) groups excluding carboxylic acids is 1. The summed E-state index contributed by atoms with van der Waals surface area (Å²) in [4.78, 5) is 25.5. The molecule has 2 atom stereocenters. The van der Waals surface area contributed by atoms with Crippen LogP contribution in [-0.4, -0.2) is 48.2 Å². The lowest BCUT2D eigenvalue weighted by Crippen LogP contribution is -2.44. The van der Waals surface area contributed by atoms with Crippen LogP contribution in [0.4, 0.5) is 0 Å². The highest BCUT2D eigenvalue weighted by atomic mass is 32.1. The minimum absolute atomic E-state index is 0.135. The Balaban J connectivity index is 2.16. The second-order valence-corrected chi connectivity index (χ2v) is 5.31. The van der Waals surface area contributed by atoms with Gasteiger partial charge in [-0.1, -0.05) is 0 Å². The molecule has 1 amide bonds. The Hall–Kier alpha value is -1.40. The molecule has 98 valence electrons. The van der Waals surface area contributed by atoms with Crippen LogP contribution < -0.4 is 0 Å². The number of likely N-dealkylation sites (N-methyl/N-ethyl adjacent to an activating group) is 1. The Labute approximate surface area is 109 Å². The van der Waals surface area contributed by atoms with Crippen LogP contribution >= 0.6 is 11.3 Å². The van der Waals surface area contributed by atoms with Gasteiger partial charge >= 0.3 is 5.97 Å². The molecule has 1 aromatic rings. The monoisotopic (exact) mass is 269 g/mol. The van der Waals surface area contributed by atoms with E-state index in [0.29, 0.717) is 4.88 Å². The molecule has 1 aromatic heterocycles. The first-order valence-electron chi connectivity index (χ1n) is 5.64. The van der Waals surface area contributed by atoms with E-state index in [4.69, 9.17) is 9.84 Å². The van der Waals surface area contributed by atoms with Gasteiger partial charge in [0.25, 0.3) is 5.91 Å². The lowest BCUT2D eigenvalue weighted by Gasteiger charge is -2.26. The van der Waals surface area contributed by atoms with Crippen molar-refractivity contribution in [2.24, 2.45) is 5.92 Å². The fraction of sp³-hybridized carbons (Fsp3) is 0.500. The Bertz CT molecular complexity index is 470. The highest BCUT2D eigenvalue weighted by Crippen LogP contribution is 2.23. The summed E-state index contributed by atoms with van der Waals surface area (Å²) in [6, 6.07) is 1.49. The smallest absolute Gasteiger partial charge is 0.311 e. The third kappa shape index (κ3) is 2.26. The van der Waals surface area contributed by atoms with Gasteiger partial charge in [-0.05, 0) is 23.9 Å². The molecule has 1 N–H and O–H groups in total. The lowest BCUT2D eigenvalue weighted by atomic mass is 10.0.